The number of esters is 1. The summed E-state index contributed by atoms with van der Waals surface area (Å²) in [7, 11) is 0. The van der Waals surface area contributed by atoms with E-state index in [1.165, 1.54) is 24.3 Å². The molecule has 0 aliphatic carbocycles. The van der Waals surface area contributed by atoms with Crippen LogP contribution < -0.4 is 4.90 Å². The molecule has 0 aliphatic rings. The smallest absolute Gasteiger partial charge is 0.330 e. The van der Waals surface area contributed by atoms with E-state index >= 15 is 0 Å². The molecule has 0 saturated heterocycles. The predicted octanol–water partition coefficient (Wildman–Crippen LogP) is 3.76. The molecule has 1 amide bonds. The topological polar surface area (TPSA) is 59.5 Å². The molecule has 0 unspecified atom stereocenters. The van der Waals surface area contributed by atoms with Crippen molar-refractivity contribution in [2.24, 2.45) is 0 Å². The lowest BCUT2D eigenvalue weighted by Crippen LogP contribution is -2.22. The maximum absolute atomic E-state index is 12.0. The molecule has 2 rings (SSSR count). The van der Waals surface area contributed by atoms with Crippen LogP contribution in [0.15, 0.2) is 41.8 Å². The summed E-state index contributed by atoms with van der Waals surface area (Å²) in [5, 5.41) is 2.34. The van der Waals surface area contributed by atoms with Gasteiger partial charge in [-0.3, -0.25) is 9.69 Å². The molecule has 120 valence electrons. The van der Waals surface area contributed by atoms with Gasteiger partial charge in [0.2, 0.25) is 5.91 Å². The van der Waals surface area contributed by atoms with Crippen LogP contribution in [-0.4, -0.2) is 16.9 Å². The lowest BCUT2D eigenvalue weighted by molar-refractivity contribution is -0.139. The first-order valence-corrected chi connectivity index (χ1v) is 8.00. The van der Waals surface area contributed by atoms with E-state index in [2.05, 4.69) is 4.98 Å². The first kappa shape index (κ1) is 16.9. The van der Waals surface area contributed by atoms with Crippen LogP contribution >= 0.6 is 11.3 Å². The first-order chi connectivity index (χ1) is 11.0. The molecule has 0 fully saturated rings. The van der Waals surface area contributed by atoms with E-state index in [1.54, 1.807) is 23.3 Å². The number of hydrogen-bond donors (Lipinski definition) is 0. The largest absolute Gasteiger partial charge is 0.456 e. The number of aryl methyl sites for hydroxylation is 1. The number of nitrogens with zero attached hydrogens (tertiary/aromatic N) is 2. The molecule has 0 radical (unpaired) electrons. The molecule has 2 aromatic rings. The highest BCUT2D eigenvalue weighted by Crippen LogP contribution is 2.29. The van der Waals surface area contributed by atoms with Crippen molar-refractivity contribution in [3.8, 4) is 0 Å². The molecule has 6 heteroatoms. The fourth-order valence-corrected chi connectivity index (χ4v) is 2.86. The number of amides is 1. The van der Waals surface area contributed by atoms with Crippen molar-refractivity contribution in [3.05, 3.63) is 53.1 Å². The Balaban J connectivity index is 2.18. The number of allylic oxidation sites excluding steroid dienone is 1. The maximum Gasteiger partial charge on any atom is 0.330 e. The van der Waals surface area contributed by atoms with Crippen LogP contribution in [0.25, 0.3) is 0 Å². The van der Waals surface area contributed by atoms with Crippen molar-refractivity contribution in [1.29, 1.82) is 0 Å². The Hall–Kier alpha value is -2.47. The molecule has 0 spiro atoms. The van der Waals surface area contributed by atoms with Crippen LogP contribution in [0.1, 0.15) is 25.1 Å². The third-order valence-electron chi connectivity index (χ3n) is 2.97. The predicted molar refractivity (Wildman–Crippen MR) is 90.7 cm³/mol. The van der Waals surface area contributed by atoms with E-state index in [1.807, 2.05) is 31.2 Å². The van der Waals surface area contributed by atoms with E-state index in [0.717, 1.165) is 11.3 Å². The summed E-state index contributed by atoms with van der Waals surface area (Å²) < 4.78 is 5.06. The molecule has 23 heavy (non-hydrogen) atoms. The van der Waals surface area contributed by atoms with Crippen molar-refractivity contribution >= 4 is 34.0 Å². The van der Waals surface area contributed by atoms with Gasteiger partial charge in [-0.25, -0.2) is 9.78 Å². The zero-order chi connectivity index (χ0) is 16.8. The average molecular weight is 330 g/mol. The van der Waals surface area contributed by atoms with Crippen LogP contribution in [0.4, 0.5) is 10.8 Å². The average Bonchev–Trinajstić information content (AvgIpc) is 2.94. The lowest BCUT2D eigenvalue weighted by Gasteiger charge is -2.18. The van der Waals surface area contributed by atoms with E-state index < -0.39 is 5.97 Å². The van der Waals surface area contributed by atoms with Crippen LogP contribution in [0.5, 0.6) is 0 Å². The summed E-state index contributed by atoms with van der Waals surface area (Å²) in [6.07, 6.45) is 2.96. The summed E-state index contributed by atoms with van der Waals surface area (Å²) in [6.45, 7) is 5.29. The van der Waals surface area contributed by atoms with E-state index in [9.17, 15) is 9.59 Å². The summed E-state index contributed by atoms with van der Waals surface area (Å²) in [5.74, 6) is -0.536. The molecular formula is C17H18N2O3S. The number of hydrogen-bond acceptors (Lipinski definition) is 5. The molecule has 5 nitrogen and oxygen atoms in total. The number of anilines is 2. The second kappa shape index (κ2) is 7.69. The van der Waals surface area contributed by atoms with E-state index in [0.29, 0.717) is 10.8 Å². The van der Waals surface area contributed by atoms with Crippen molar-refractivity contribution in [2.45, 2.75) is 27.4 Å². The van der Waals surface area contributed by atoms with Gasteiger partial charge in [-0.05, 0) is 31.5 Å². The van der Waals surface area contributed by atoms with Gasteiger partial charge < -0.3 is 4.74 Å². The summed E-state index contributed by atoms with van der Waals surface area (Å²) in [5.41, 5.74) is 2.44. The number of carbonyl (C=O) groups is 2. The number of ether oxygens (including phenoxy) is 1. The Morgan fingerprint density at radius 1 is 1.39 bits per heavy atom. The monoisotopic (exact) mass is 330 g/mol. The van der Waals surface area contributed by atoms with Crippen LogP contribution in [0.2, 0.25) is 0 Å². The molecule has 1 aromatic heterocycles. The van der Waals surface area contributed by atoms with Crippen LogP contribution in [0, 0.1) is 6.92 Å². The molecule has 0 bridgehead atoms. The van der Waals surface area contributed by atoms with Gasteiger partial charge in [0.15, 0.2) is 5.13 Å². The van der Waals surface area contributed by atoms with Crippen molar-refractivity contribution in [1.82, 2.24) is 4.98 Å². The fraction of sp³-hybridized carbons (Fsp3) is 0.235. The van der Waals surface area contributed by atoms with Gasteiger partial charge in [0.25, 0.3) is 0 Å². The molecule has 0 aliphatic heterocycles. The minimum absolute atomic E-state index is 0.0826. The number of carbonyl (C=O) groups excluding carboxylic acids is 2. The van der Waals surface area contributed by atoms with E-state index in [-0.39, 0.29) is 12.5 Å². The van der Waals surface area contributed by atoms with Gasteiger partial charge in [0.05, 0.1) is 11.4 Å². The van der Waals surface area contributed by atoms with Gasteiger partial charge in [0, 0.05) is 18.4 Å². The molecule has 1 heterocycles. The number of thiazole rings is 1. The van der Waals surface area contributed by atoms with Crippen molar-refractivity contribution in [3.63, 3.8) is 0 Å². The van der Waals surface area contributed by atoms with Crippen molar-refractivity contribution < 1.29 is 14.3 Å². The van der Waals surface area contributed by atoms with Crippen LogP contribution in [-0.2, 0) is 20.9 Å². The number of rotatable bonds is 5. The highest BCUT2D eigenvalue weighted by molar-refractivity contribution is 7.14. The summed E-state index contributed by atoms with van der Waals surface area (Å²) >= 11 is 1.34. The second-order valence-corrected chi connectivity index (χ2v) is 5.76. The minimum atomic E-state index is -0.413. The number of benzene rings is 1. The van der Waals surface area contributed by atoms with Gasteiger partial charge in [-0.2, -0.15) is 0 Å². The standard InChI is InChI=1S/C17H18N2O3S/c1-4-6-16(21)22-10-14-11-23-17(18-14)19(13(3)20)15-8-5-7-12(2)9-15/h4-9,11H,10H2,1-3H3/b6-4+. The van der Waals surface area contributed by atoms with Gasteiger partial charge in [-0.1, -0.05) is 18.2 Å². The van der Waals surface area contributed by atoms with Crippen molar-refractivity contribution in [2.75, 3.05) is 4.90 Å². The Bertz CT molecular complexity index is 737. The zero-order valence-electron chi connectivity index (χ0n) is 13.3. The Morgan fingerprint density at radius 2 is 2.17 bits per heavy atom. The second-order valence-electron chi connectivity index (χ2n) is 4.92. The molecule has 0 N–H and O–H groups in total. The highest BCUT2D eigenvalue weighted by atomic mass is 32.1. The summed E-state index contributed by atoms with van der Waals surface area (Å²) in [6, 6.07) is 7.65. The molecule has 1 aromatic carbocycles. The third-order valence-corrected chi connectivity index (χ3v) is 3.85. The molecule has 0 atom stereocenters. The summed E-state index contributed by atoms with van der Waals surface area (Å²) in [4.78, 5) is 29.3. The molecular weight excluding hydrogens is 312 g/mol. The first-order valence-electron chi connectivity index (χ1n) is 7.12. The van der Waals surface area contributed by atoms with Gasteiger partial charge in [-0.15, -0.1) is 11.3 Å². The third kappa shape index (κ3) is 4.50. The Kier molecular flexibility index (Phi) is 5.65. The van der Waals surface area contributed by atoms with Gasteiger partial charge >= 0.3 is 5.97 Å². The maximum atomic E-state index is 12.0. The Morgan fingerprint density at radius 3 is 2.83 bits per heavy atom. The molecule has 0 saturated carbocycles. The number of aromatic nitrogens is 1. The highest BCUT2D eigenvalue weighted by Gasteiger charge is 2.18. The fourth-order valence-electron chi connectivity index (χ4n) is 1.99. The normalized spacial score (nSPS) is 10.7. The Labute approximate surface area is 139 Å². The van der Waals surface area contributed by atoms with E-state index in [4.69, 9.17) is 4.74 Å². The minimum Gasteiger partial charge on any atom is -0.456 e. The zero-order valence-corrected chi connectivity index (χ0v) is 14.1. The van der Waals surface area contributed by atoms with Gasteiger partial charge in [0.1, 0.15) is 6.61 Å². The SMILES string of the molecule is C/C=C/C(=O)OCc1csc(N(C(C)=O)c2cccc(C)c2)n1. The van der Waals surface area contributed by atoms with Crippen LogP contribution in [0.3, 0.4) is 0 Å². The lowest BCUT2D eigenvalue weighted by atomic mass is 10.2. The quantitative estimate of drug-likeness (QED) is 0.619.